The Labute approximate surface area is 263 Å². The van der Waals surface area contributed by atoms with E-state index in [1.807, 2.05) is 29.8 Å². The van der Waals surface area contributed by atoms with Gasteiger partial charge >= 0.3 is 5.97 Å². The molecule has 2 N–H and O–H groups in total. The highest BCUT2D eigenvalue weighted by Gasteiger charge is 2.31. The van der Waals surface area contributed by atoms with E-state index in [0.29, 0.717) is 45.3 Å². The average molecular weight is 629 g/mol. The lowest BCUT2D eigenvalue weighted by atomic mass is 10.0. The van der Waals surface area contributed by atoms with E-state index in [1.165, 1.54) is 24.1 Å². The molecule has 0 spiro atoms. The quantitative estimate of drug-likeness (QED) is 0.249. The number of nitrogens with zero attached hydrogens (tertiary/aromatic N) is 5. The van der Waals surface area contributed by atoms with Crippen molar-refractivity contribution in [3.05, 3.63) is 65.5 Å². The number of hydrogen-bond acceptors (Lipinski definition) is 7. The molecule has 0 radical (unpaired) electrons. The maximum Gasteiger partial charge on any atom is 0.340 e. The van der Waals surface area contributed by atoms with Gasteiger partial charge in [0.25, 0.3) is 5.91 Å². The number of carbonyl (C=O) groups is 2. The number of alkyl halides is 1. The molecule has 1 saturated heterocycles. The van der Waals surface area contributed by atoms with Gasteiger partial charge in [-0.25, -0.2) is 23.5 Å². The van der Waals surface area contributed by atoms with E-state index in [4.69, 9.17) is 20.4 Å². The number of pyridine rings is 1. The first-order chi connectivity index (χ1) is 22.1. The van der Waals surface area contributed by atoms with Crippen molar-refractivity contribution in [3.63, 3.8) is 0 Å². The fourth-order valence-electron chi connectivity index (χ4n) is 6.41. The summed E-state index contributed by atoms with van der Waals surface area (Å²) in [5, 5.41) is 0.892. The van der Waals surface area contributed by atoms with Crippen molar-refractivity contribution in [2.75, 3.05) is 27.3 Å². The van der Waals surface area contributed by atoms with Gasteiger partial charge < -0.3 is 29.2 Å². The molecule has 46 heavy (non-hydrogen) atoms. The van der Waals surface area contributed by atoms with Crippen LogP contribution in [0.2, 0.25) is 0 Å². The largest absolute Gasteiger partial charge is 0.494 e. The number of ether oxygens (including phenoxy) is 2. The molecule has 1 aliphatic carbocycles. The number of nitrogens with two attached hydrogens (primary N) is 1. The van der Waals surface area contributed by atoms with Gasteiger partial charge in [-0.05, 0) is 67.6 Å². The predicted molar refractivity (Wildman–Crippen MR) is 169 cm³/mol. The summed E-state index contributed by atoms with van der Waals surface area (Å²) in [6.45, 7) is 1.01. The Kier molecular flexibility index (Phi) is 7.47. The molecule has 7 rings (SSSR count). The zero-order valence-corrected chi connectivity index (χ0v) is 25.8. The molecule has 4 heterocycles. The van der Waals surface area contributed by atoms with Crippen LogP contribution in [0.15, 0.2) is 48.5 Å². The van der Waals surface area contributed by atoms with Gasteiger partial charge in [-0.1, -0.05) is 6.07 Å². The van der Waals surface area contributed by atoms with Crippen molar-refractivity contribution in [3.8, 4) is 28.5 Å². The van der Waals surface area contributed by atoms with Crippen LogP contribution in [-0.2, 0) is 18.3 Å². The Hall–Kier alpha value is -4.84. The number of imidazole rings is 1. The Morgan fingerprint density at radius 1 is 1.04 bits per heavy atom. The zero-order valence-electron chi connectivity index (χ0n) is 25.8. The smallest absolute Gasteiger partial charge is 0.340 e. The summed E-state index contributed by atoms with van der Waals surface area (Å²) < 4.78 is 43.6. The molecule has 1 aliphatic heterocycles. The van der Waals surface area contributed by atoms with Gasteiger partial charge in [-0.3, -0.25) is 4.79 Å². The average Bonchev–Trinajstić information content (AvgIpc) is 3.72. The molecular weight excluding hydrogens is 594 g/mol. The van der Waals surface area contributed by atoms with E-state index >= 15 is 0 Å². The van der Waals surface area contributed by atoms with E-state index < -0.39 is 24.0 Å². The van der Waals surface area contributed by atoms with E-state index in [-0.39, 0.29) is 31.0 Å². The Bertz CT molecular complexity index is 2010. The fourth-order valence-corrected chi connectivity index (χ4v) is 6.41. The molecule has 12 heteroatoms. The fraction of sp³-hybridized carbons (Fsp3) is 0.353. The van der Waals surface area contributed by atoms with Crippen LogP contribution in [0.3, 0.4) is 0 Å². The number of fused-ring (bicyclic) bond motifs is 2. The summed E-state index contributed by atoms with van der Waals surface area (Å²) in [7, 11) is 4.65. The van der Waals surface area contributed by atoms with Crippen LogP contribution in [0, 0.1) is 11.7 Å². The minimum atomic E-state index is -1.17. The predicted octanol–water partition coefficient (Wildman–Crippen LogP) is 5.11. The Morgan fingerprint density at radius 2 is 1.85 bits per heavy atom. The second-order valence-electron chi connectivity index (χ2n) is 12.2. The number of hydrogen-bond donors (Lipinski definition) is 1. The normalized spacial score (nSPS) is 18.3. The Balaban J connectivity index is 1.32. The maximum absolute atomic E-state index is 14.8. The molecule has 2 atom stereocenters. The monoisotopic (exact) mass is 628 g/mol. The minimum Gasteiger partial charge on any atom is -0.494 e. The lowest BCUT2D eigenvalue weighted by Gasteiger charge is -2.33. The number of carbonyl (C=O) groups excluding carboxylic acids is 2. The van der Waals surface area contributed by atoms with Crippen molar-refractivity contribution < 1.29 is 27.8 Å². The summed E-state index contributed by atoms with van der Waals surface area (Å²) in [6.07, 6.45) is 1.29. The molecule has 2 fully saturated rings. The molecule has 0 bridgehead atoms. The summed E-state index contributed by atoms with van der Waals surface area (Å²) >= 11 is 0. The van der Waals surface area contributed by atoms with E-state index in [0.717, 1.165) is 36.1 Å². The number of methoxy groups -OCH3 is 2. The van der Waals surface area contributed by atoms with Gasteiger partial charge in [-0.2, -0.15) is 0 Å². The second-order valence-corrected chi connectivity index (χ2v) is 12.2. The highest BCUT2D eigenvalue weighted by atomic mass is 19.1. The highest BCUT2D eigenvalue weighted by Crippen LogP contribution is 2.38. The van der Waals surface area contributed by atoms with Gasteiger partial charge in [0.05, 0.1) is 43.2 Å². The molecule has 10 nitrogen and oxygen atoms in total. The molecule has 2 aromatic carbocycles. The summed E-state index contributed by atoms with van der Waals surface area (Å²) in [5.41, 5.74) is 10.2. The van der Waals surface area contributed by atoms with E-state index in [9.17, 15) is 18.4 Å². The molecule has 3 aromatic heterocycles. The van der Waals surface area contributed by atoms with Crippen molar-refractivity contribution in [1.29, 1.82) is 0 Å². The first-order valence-electron chi connectivity index (χ1n) is 15.3. The van der Waals surface area contributed by atoms with Crippen LogP contribution in [-0.4, -0.2) is 75.4 Å². The molecular formula is C34H34F2N6O4. The van der Waals surface area contributed by atoms with Crippen LogP contribution in [0.5, 0.6) is 5.75 Å². The van der Waals surface area contributed by atoms with Crippen molar-refractivity contribution in [2.24, 2.45) is 18.7 Å². The molecule has 238 valence electrons. The third kappa shape index (κ3) is 5.26. The number of piperidine rings is 1. The number of esters is 1. The molecule has 2 aliphatic rings. The molecule has 1 saturated carbocycles. The number of halogens is 2. The third-order valence-electron chi connectivity index (χ3n) is 8.90. The second kappa shape index (κ2) is 11.5. The highest BCUT2D eigenvalue weighted by molar-refractivity contribution is 6.00. The molecule has 0 unspecified atom stereocenters. The molecule has 5 aromatic rings. The number of likely N-dealkylation sites (tertiary alicyclic amines) is 1. The first kappa shape index (κ1) is 29.8. The molecule has 1 amide bonds. The van der Waals surface area contributed by atoms with Gasteiger partial charge in [-0.15, -0.1) is 0 Å². The standard InChI is InChI=1S/C34H34F2N6O4/c1-40-30-27(11-21(13-29(30)45-2)33(43)41-16-22(35)14-23(37)17-41)39-32(40)28-12-20-7-9-26(38-31(20)42(28)15-18-4-5-18)19-6-8-24(25(36)10-19)34(44)46-3/h6-13,18,22-23H,4-5,14-17,37H2,1-3H3/t22-,23-/m1/s1. The third-order valence-corrected chi connectivity index (χ3v) is 8.90. The van der Waals surface area contributed by atoms with E-state index in [2.05, 4.69) is 9.30 Å². The zero-order chi connectivity index (χ0) is 32.3. The summed E-state index contributed by atoms with van der Waals surface area (Å²) in [6, 6.07) is 13.1. The van der Waals surface area contributed by atoms with Gasteiger partial charge in [0.2, 0.25) is 0 Å². The Morgan fingerprint density at radius 3 is 2.54 bits per heavy atom. The van der Waals surface area contributed by atoms with Crippen molar-refractivity contribution in [1.82, 2.24) is 24.0 Å². The number of rotatable bonds is 7. The SMILES string of the molecule is COC(=O)c1ccc(-c2ccc3cc(-c4nc5cc(C(=O)N6C[C@H](N)C[C@@H](F)C6)cc(OC)c5n4C)n(CC4CC4)c3n2)cc1F. The maximum atomic E-state index is 14.8. The minimum absolute atomic E-state index is 0.00131. The number of aromatic nitrogens is 4. The van der Waals surface area contributed by atoms with Crippen molar-refractivity contribution in [2.45, 2.75) is 38.0 Å². The lowest BCUT2D eigenvalue weighted by molar-refractivity contribution is 0.0593. The number of amides is 1. The van der Waals surface area contributed by atoms with E-state index in [1.54, 1.807) is 25.3 Å². The van der Waals surface area contributed by atoms with Crippen LogP contribution >= 0.6 is 0 Å². The topological polar surface area (TPSA) is 118 Å². The summed E-state index contributed by atoms with van der Waals surface area (Å²) in [5.74, 6) is -0.103. The first-order valence-corrected chi connectivity index (χ1v) is 15.3. The van der Waals surface area contributed by atoms with Gasteiger partial charge in [0, 0.05) is 42.7 Å². The summed E-state index contributed by atoms with van der Waals surface area (Å²) in [4.78, 5) is 36.7. The van der Waals surface area contributed by atoms with Gasteiger partial charge in [0.15, 0.2) is 5.82 Å². The number of aryl methyl sites for hydroxylation is 1. The van der Waals surface area contributed by atoms with Crippen LogP contribution < -0.4 is 10.5 Å². The number of benzene rings is 2. The van der Waals surface area contributed by atoms with Crippen molar-refractivity contribution >= 4 is 33.9 Å². The van der Waals surface area contributed by atoms with Crippen LogP contribution in [0.25, 0.3) is 44.8 Å². The van der Waals surface area contributed by atoms with Crippen LogP contribution in [0.4, 0.5) is 8.78 Å². The van der Waals surface area contributed by atoms with Crippen LogP contribution in [0.1, 0.15) is 40.0 Å². The lowest BCUT2D eigenvalue weighted by Crippen LogP contribution is -2.50. The van der Waals surface area contributed by atoms with Gasteiger partial charge in [0.1, 0.15) is 28.9 Å².